The lowest BCUT2D eigenvalue weighted by Gasteiger charge is -2.17. The number of rotatable bonds is 4. The van der Waals surface area contributed by atoms with Gasteiger partial charge in [0.2, 0.25) is 0 Å². The van der Waals surface area contributed by atoms with Crippen LogP contribution in [0.15, 0.2) is 54.7 Å². The monoisotopic (exact) mass is 362 g/mol. The summed E-state index contributed by atoms with van der Waals surface area (Å²) in [6, 6.07) is 15.8. The molecule has 130 valence electrons. The number of nitrogens with one attached hydrogen (secondary N) is 1. The Balaban J connectivity index is 1.55. The number of aromatic nitrogens is 3. The summed E-state index contributed by atoms with van der Waals surface area (Å²) in [5.74, 6) is -0.110. The van der Waals surface area contributed by atoms with Crippen molar-refractivity contribution in [2.24, 2.45) is 0 Å². The minimum atomic E-state index is -0.110. The third-order valence-electron chi connectivity index (χ3n) is 4.30. The minimum absolute atomic E-state index is 0.110. The number of fused-ring (bicyclic) bond motifs is 1. The summed E-state index contributed by atoms with van der Waals surface area (Å²) in [7, 11) is 1.79. The Bertz CT molecular complexity index is 1080. The Morgan fingerprint density at radius 3 is 2.85 bits per heavy atom. The van der Waals surface area contributed by atoms with Gasteiger partial charge in [0.15, 0.2) is 5.69 Å². The van der Waals surface area contributed by atoms with Crippen LogP contribution < -0.4 is 0 Å². The molecule has 1 aromatic carbocycles. The first-order valence-corrected chi connectivity index (χ1v) is 9.14. The van der Waals surface area contributed by atoms with Crippen molar-refractivity contribution in [1.29, 1.82) is 0 Å². The zero-order chi connectivity index (χ0) is 18.1. The zero-order valence-electron chi connectivity index (χ0n) is 14.6. The third-order valence-corrected chi connectivity index (χ3v) is 5.33. The van der Waals surface area contributed by atoms with Gasteiger partial charge in [-0.15, -0.1) is 11.3 Å². The van der Waals surface area contributed by atoms with Gasteiger partial charge in [-0.1, -0.05) is 18.2 Å². The number of benzene rings is 1. The second-order valence-electron chi connectivity index (χ2n) is 6.23. The molecule has 0 bridgehead atoms. The van der Waals surface area contributed by atoms with Gasteiger partial charge in [-0.3, -0.25) is 14.9 Å². The van der Waals surface area contributed by atoms with E-state index in [-0.39, 0.29) is 5.91 Å². The Labute approximate surface area is 155 Å². The highest BCUT2D eigenvalue weighted by molar-refractivity contribution is 7.15. The highest BCUT2D eigenvalue weighted by Crippen LogP contribution is 2.26. The Morgan fingerprint density at radius 2 is 2.04 bits per heavy atom. The van der Waals surface area contributed by atoms with Gasteiger partial charge < -0.3 is 4.90 Å². The molecule has 0 atom stereocenters. The Morgan fingerprint density at radius 1 is 1.19 bits per heavy atom. The first-order chi connectivity index (χ1) is 12.6. The predicted molar refractivity (Wildman–Crippen MR) is 104 cm³/mol. The second kappa shape index (κ2) is 6.72. The Kier molecular flexibility index (Phi) is 4.26. The predicted octanol–water partition coefficient (Wildman–Crippen LogP) is 4.27. The molecule has 3 aromatic heterocycles. The highest BCUT2D eigenvalue weighted by atomic mass is 32.1. The van der Waals surface area contributed by atoms with Crippen LogP contribution in [0.1, 0.15) is 20.9 Å². The molecule has 4 aromatic rings. The molecule has 0 aliphatic carbocycles. The standard InChI is InChI=1S/C20H18N4OS/c1-13-7-8-19(26-13)17-11-18(23-22-17)20(25)24(2)12-14-9-10-21-16-6-4-3-5-15(14)16/h3-11H,12H2,1-2H3,(H,22,23). The average Bonchev–Trinajstić information content (AvgIpc) is 3.30. The van der Waals surface area contributed by atoms with Crippen LogP contribution in [-0.2, 0) is 6.54 Å². The average molecular weight is 362 g/mol. The van der Waals surface area contributed by atoms with Crippen LogP contribution >= 0.6 is 11.3 Å². The summed E-state index contributed by atoms with van der Waals surface area (Å²) in [6.07, 6.45) is 1.78. The molecule has 0 unspecified atom stereocenters. The number of thiophene rings is 1. The molecule has 5 nitrogen and oxygen atoms in total. The van der Waals surface area contributed by atoms with E-state index in [1.54, 1.807) is 29.5 Å². The number of nitrogens with zero attached hydrogens (tertiary/aromatic N) is 3. The van der Waals surface area contributed by atoms with Crippen LogP contribution in [0.25, 0.3) is 21.5 Å². The van der Waals surface area contributed by atoms with E-state index in [0.717, 1.165) is 27.0 Å². The second-order valence-corrected chi connectivity index (χ2v) is 7.51. The van der Waals surface area contributed by atoms with Crippen molar-refractivity contribution in [3.63, 3.8) is 0 Å². The van der Waals surface area contributed by atoms with Crippen molar-refractivity contribution in [1.82, 2.24) is 20.1 Å². The van der Waals surface area contributed by atoms with Crippen LogP contribution in [0, 0.1) is 6.92 Å². The molecule has 6 heteroatoms. The molecule has 4 rings (SSSR count). The number of carbonyl (C=O) groups excluding carboxylic acids is 1. The van der Waals surface area contributed by atoms with Gasteiger partial charge in [-0.25, -0.2) is 0 Å². The van der Waals surface area contributed by atoms with E-state index in [2.05, 4.69) is 28.2 Å². The molecular formula is C20H18N4OS. The maximum atomic E-state index is 12.8. The molecule has 1 N–H and O–H groups in total. The number of hydrogen-bond acceptors (Lipinski definition) is 4. The van der Waals surface area contributed by atoms with Crippen molar-refractivity contribution in [3.8, 4) is 10.6 Å². The first kappa shape index (κ1) is 16.5. The topological polar surface area (TPSA) is 61.9 Å². The SMILES string of the molecule is Cc1ccc(-c2cc(C(=O)N(C)Cc3ccnc4ccccc34)n[nH]2)s1. The lowest BCUT2D eigenvalue weighted by molar-refractivity contribution is 0.0780. The molecule has 26 heavy (non-hydrogen) atoms. The van der Waals surface area contributed by atoms with Crippen LogP contribution in [0.4, 0.5) is 0 Å². The van der Waals surface area contributed by atoms with Crippen molar-refractivity contribution in [3.05, 3.63) is 70.9 Å². The molecule has 0 aliphatic heterocycles. The van der Waals surface area contributed by atoms with Gasteiger partial charge in [0, 0.05) is 30.1 Å². The first-order valence-electron chi connectivity index (χ1n) is 8.32. The highest BCUT2D eigenvalue weighted by Gasteiger charge is 2.17. The molecule has 1 amide bonds. The van der Waals surface area contributed by atoms with Crippen molar-refractivity contribution in [2.75, 3.05) is 7.05 Å². The number of amides is 1. The molecular weight excluding hydrogens is 344 g/mol. The van der Waals surface area contributed by atoms with E-state index in [4.69, 9.17) is 0 Å². The zero-order valence-corrected chi connectivity index (χ0v) is 15.4. The third kappa shape index (κ3) is 3.11. The van der Waals surface area contributed by atoms with Crippen LogP contribution in [0.2, 0.25) is 0 Å². The Hall–Kier alpha value is -2.99. The maximum Gasteiger partial charge on any atom is 0.274 e. The smallest absolute Gasteiger partial charge is 0.274 e. The number of aromatic amines is 1. The van der Waals surface area contributed by atoms with Crippen molar-refractivity contribution in [2.45, 2.75) is 13.5 Å². The van der Waals surface area contributed by atoms with Gasteiger partial charge in [0.25, 0.3) is 5.91 Å². The lowest BCUT2D eigenvalue weighted by Crippen LogP contribution is -2.26. The molecule has 0 aliphatic rings. The van der Waals surface area contributed by atoms with E-state index in [1.807, 2.05) is 42.5 Å². The number of hydrogen-bond donors (Lipinski definition) is 1. The van der Waals surface area contributed by atoms with Gasteiger partial charge >= 0.3 is 0 Å². The van der Waals surface area contributed by atoms with E-state index < -0.39 is 0 Å². The molecule has 0 radical (unpaired) electrons. The fraction of sp³-hybridized carbons (Fsp3) is 0.150. The summed E-state index contributed by atoms with van der Waals surface area (Å²) < 4.78 is 0. The van der Waals surface area contributed by atoms with Crippen LogP contribution in [0.3, 0.4) is 0 Å². The maximum absolute atomic E-state index is 12.8. The summed E-state index contributed by atoms with van der Waals surface area (Å²) in [5, 5.41) is 8.23. The van der Waals surface area contributed by atoms with Gasteiger partial charge in [-0.2, -0.15) is 5.10 Å². The van der Waals surface area contributed by atoms with E-state index in [9.17, 15) is 4.79 Å². The summed E-state index contributed by atoms with van der Waals surface area (Å²) in [5.41, 5.74) is 3.29. The van der Waals surface area contributed by atoms with Crippen LogP contribution in [-0.4, -0.2) is 33.0 Å². The minimum Gasteiger partial charge on any atom is -0.336 e. The molecule has 0 saturated heterocycles. The summed E-state index contributed by atoms with van der Waals surface area (Å²) >= 11 is 1.68. The summed E-state index contributed by atoms with van der Waals surface area (Å²) in [6.45, 7) is 2.56. The van der Waals surface area contributed by atoms with E-state index >= 15 is 0 Å². The fourth-order valence-corrected chi connectivity index (χ4v) is 3.79. The van der Waals surface area contributed by atoms with E-state index in [0.29, 0.717) is 12.2 Å². The number of H-pyrrole nitrogens is 1. The summed E-state index contributed by atoms with van der Waals surface area (Å²) in [4.78, 5) is 21.1. The number of para-hydroxylation sites is 1. The van der Waals surface area contributed by atoms with Gasteiger partial charge in [-0.05, 0) is 42.8 Å². The van der Waals surface area contributed by atoms with Gasteiger partial charge in [0.1, 0.15) is 0 Å². The van der Waals surface area contributed by atoms with E-state index in [1.165, 1.54) is 4.88 Å². The van der Waals surface area contributed by atoms with Crippen LogP contribution in [0.5, 0.6) is 0 Å². The fourth-order valence-electron chi connectivity index (χ4n) is 2.95. The molecule has 0 spiro atoms. The van der Waals surface area contributed by atoms with Crippen molar-refractivity contribution < 1.29 is 4.79 Å². The number of aryl methyl sites for hydroxylation is 1. The number of carbonyl (C=O) groups is 1. The largest absolute Gasteiger partial charge is 0.336 e. The normalized spacial score (nSPS) is 11.0. The molecule has 3 heterocycles. The quantitative estimate of drug-likeness (QED) is 0.590. The van der Waals surface area contributed by atoms with Crippen molar-refractivity contribution >= 4 is 28.1 Å². The molecule has 0 saturated carbocycles. The van der Waals surface area contributed by atoms with Gasteiger partial charge in [0.05, 0.1) is 16.1 Å². The molecule has 0 fully saturated rings. The lowest BCUT2D eigenvalue weighted by atomic mass is 10.1. The number of pyridine rings is 1.